The lowest BCUT2D eigenvalue weighted by molar-refractivity contribution is -0.118. The van der Waals surface area contributed by atoms with Gasteiger partial charge in [-0.1, -0.05) is 0 Å². The minimum absolute atomic E-state index is 0.135. The molecule has 0 aromatic carbocycles. The number of nitrogens with zero attached hydrogens (tertiary/aromatic N) is 2. The molecule has 2 heterocycles. The van der Waals surface area contributed by atoms with Crippen molar-refractivity contribution in [2.75, 3.05) is 6.54 Å². The lowest BCUT2D eigenvalue weighted by Gasteiger charge is -2.09. The van der Waals surface area contributed by atoms with Crippen molar-refractivity contribution in [2.45, 2.75) is 20.4 Å². The molecule has 0 bridgehead atoms. The van der Waals surface area contributed by atoms with Crippen LogP contribution in [0, 0.1) is 13.8 Å². The summed E-state index contributed by atoms with van der Waals surface area (Å²) < 4.78 is 0. The Morgan fingerprint density at radius 1 is 1.47 bits per heavy atom. The molecule has 1 aliphatic heterocycles. The van der Waals surface area contributed by atoms with Crippen molar-refractivity contribution >= 4 is 23.3 Å². The quantitative estimate of drug-likeness (QED) is 0.758. The van der Waals surface area contributed by atoms with Crippen LogP contribution in [0.4, 0.5) is 4.79 Å². The van der Waals surface area contributed by atoms with E-state index in [0.29, 0.717) is 6.54 Å². The monoisotopic (exact) mass is 225 g/mol. The summed E-state index contributed by atoms with van der Waals surface area (Å²) in [6, 6.07) is -0.328. The van der Waals surface area contributed by atoms with E-state index >= 15 is 0 Å². The van der Waals surface area contributed by atoms with Crippen LogP contribution in [0.2, 0.25) is 0 Å². The molecular formula is C9H11N3O2S. The van der Waals surface area contributed by atoms with Crippen molar-refractivity contribution in [3.05, 3.63) is 15.6 Å². The van der Waals surface area contributed by atoms with Crippen LogP contribution in [0.15, 0.2) is 0 Å². The molecule has 1 fully saturated rings. The van der Waals surface area contributed by atoms with Crippen molar-refractivity contribution in [1.29, 1.82) is 0 Å². The van der Waals surface area contributed by atoms with Crippen LogP contribution in [0.3, 0.4) is 0 Å². The van der Waals surface area contributed by atoms with Gasteiger partial charge >= 0.3 is 6.03 Å². The van der Waals surface area contributed by atoms with Crippen LogP contribution in [0.1, 0.15) is 15.6 Å². The van der Waals surface area contributed by atoms with E-state index in [4.69, 9.17) is 0 Å². The zero-order valence-corrected chi connectivity index (χ0v) is 9.35. The third-order valence-electron chi connectivity index (χ3n) is 2.27. The van der Waals surface area contributed by atoms with E-state index in [9.17, 15) is 9.59 Å². The highest BCUT2D eigenvalue weighted by Gasteiger charge is 2.27. The number of carbonyl (C=O) groups excluding carboxylic acids is 2. The third-order valence-corrected chi connectivity index (χ3v) is 3.32. The summed E-state index contributed by atoms with van der Waals surface area (Å²) in [4.78, 5) is 29.1. The number of aromatic nitrogens is 1. The number of thiazole rings is 1. The van der Waals surface area contributed by atoms with E-state index in [2.05, 4.69) is 10.3 Å². The summed E-state index contributed by atoms with van der Waals surface area (Å²) in [5.74, 6) is -0.245. The molecule has 80 valence electrons. The Bertz CT molecular complexity index is 407. The molecular weight excluding hydrogens is 214 g/mol. The minimum Gasteiger partial charge on any atom is -0.308 e. The van der Waals surface area contributed by atoms with Gasteiger partial charge in [-0.3, -0.25) is 10.1 Å². The van der Waals surface area contributed by atoms with Gasteiger partial charge < -0.3 is 4.90 Å². The highest BCUT2D eigenvalue weighted by molar-refractivity contribution is 7.11. The van der Waals surface area contributed by atoms with Gasteiger partial charge in [-0.05, 0) is 13.8 Å². The first-order chi connectivity index (χ1) is 7.06. The van der Waals surface area contributed by atoms with E-state index < -0.39 is 0 Å². The molecule has 0 radical (unpaired) electrons. The zero-order chi connectivity index (χ0) is 11.0. The lowest BCUT2D eigenvalue weighted by atomic mass is 10.4. The zero-order valence-electron chi connectivity index (χ0n) is 8.53. The van der Waals surface area contributed by atoms with Gasteiger partial charge in [-0.25, -0.2) is 9.78 Å². The molecule has 0 atom stereocenters. The standard InChI is InChI=1S/C9H11N3O2S/c1-5-6(2)15-8(10-5)4-12-3-7(13)11-9(12)14/h3-4H2,1-2H3,(H,11,13,14). The van der Waals surface area contributed by atoms with Crippen LogP contribution < -0.4 is 5.32 Å². The van der Waals surface area contributed by atoms with Gasteiger partial charge in [0, 0.05) is 4.88 Å². The topological polar surface area (TPSA) is 62.3 Å². The van der Waals surface area contributed by atoms with Gasteiger partial charge in [-0.15, -0.1) is 11.3 Å². The van der Waals surface area contributed by atoms with Crippen molar-refractivity contribution in [3.63, 3.8) is 0 Å². The maximum atomic E-state index is 11.3. The summed E-state index contributed by atoms with van der Waals surface area (Å²) in [6.07, 6.45) is 0. The predicted octanol–water partition coefficient (Wildman–Crippen LogP) is 0.812. The number of nitrogens with one attached hydrogen (secondary N) is 1. The van der Waals surface area contributed by atoms with Crippen LogP contribution in [-0.2, 0) is 11.3 Å². The Morgan fingerprint density at radius 3 is 2.67 bits per heavy atom. The van der Waals surface area contributed by atoms with Gasteiger partial charge in [-0.2, -0.15) is 0 Å². The van der Waals surface area contributed by atoms with Gasteiger partial charge in [0.05, 0.1) is 12.2 Å². The molecule has 1 aromatic rings. The fourth-order valence-corrected chi connectivity index (χ4v) is 2.33. The molecule has 0 aliphatic carbocycles. The summed E-state index contributed by atoms with van der Waals surface area (Å²) in [5.41, 5.74) is 0.987. The molecule has 1 N–H and O–H groups in total. The molecule has 6 heteroatoms. The normalized spacial score (nSPS) is 16.0. The Balaban J connectivity index is 2.09. The van der Waals surface area contributed by atoms with Gasteiger partial charge in [0.15, 0.2) is 0 Å². The number of hydrogen-bond acceptors (Lipinski definition) is 4. The summed E-state index contributed by atoms with van der Waals surface area (Å²) in [5, 5.41) is 3.10. The molecule has 2 rings (SSSR count). The van der Waals surface area contributed by atoms with Crippen molar-refractivity contribution in [1.82, 2.24) is 15.2 Å². The van der Waals surface area contributed by atoms with E-state index in [1.165, 1.54) is 4.90 Å². The van der Waals surface area contributed by atoms with Gasteiger partial charge in [0.25, 0.3) is 0 Å². The molecule has 1 saturated heterocycles. The first kappa shape index (κ1) is 10.1. The summed E-state index contributed by atoms with van der Waals surface area (Å²) in [7, 11) is 0. The van der Waals surface area contributed by atoms with Crippen LogP contribution in [-0.4, -0.2) is 28.4 Å². The van der Waals surface area contributed by atoms with E-state index in [-0.39, 0.29) is 18.5 Å². The number of amides is 3. The SMILES string of the molecule is Cc1nc(CN2CC(=O)NC2=O)sc1C. The molecule has 5 nitrogen and oxygen atoms in total. The van der Waals surface area contributed by atoms with Gasteiger partial charge in [0.2, 0.25) is 5.91 Å². The molecule has 0 spiro atoms. The number of aryl methyl sites for hydroxylation is 2. The van der Waals surface area contributed by atoms with E-state index in [1.54, 1.807) is 11.3 Å². The van der Waals surface area contributed by atoms with Crippen LogP contribution in [0.25, 0.3) is 0 Å². The largest absolute Gasteiger partial charge is 0.324 e. The number of imide groups is 1. The predicted molar refractivity (Wildman–Crippen MR) is 55.5 cm³/mol. The Kier molecular flexibility index (Phi) is 2.44. The Labute approximate surface area is 91.1 Å². The van der Waals surface area contributed by atoms with E-state index in [0.717, 1.165) is 15.6 Å². The number of urea groups is 1. The highest BCUT2D eigenvalue weighted by Crippen LogP contribution is 2.18. The molecule has 0 saturated carbocycles. The third kappa shape index (κ3) is 1.99. The number of hydrogen-bond donors (Lipinski definition) is 1. The average molecular weight is 225 g/mol. The molecule has 3 amide bonds. The summed E-state index contributed by atoms with van der Waals surface area (Å²) in [6.45, 7) is 4.48. The van der Waals surface area contributed by atoms with Crippen LogP contribution >= 0.6 is 11.3 Å². The first-order valence-corrected chi connectivity index (χ1v) is 5.39. The molecule has 1 aromatic heterocycles. The fourth-order valence-electron chi connectivity index (χ4n) is 1.38. The van der Waals surface area contributed by atoms with Crippen molar-refractivity contribution < 1.29 is 9.59 Å². The summed E-state index contributed by atoms with van der Waals surface area (Å²) >= 11 is 1.56. The maximum absolute atomic E-state index is 11.3. The maximum Gasteiger partial charge on any atom is 0.324 e. The Morgan fingerprint density at radius 2 is 2.20 bits per heavy atom. The second-order valence-electron chi connectivity index (χ2n) is 3.46. The van der Waals surface area contributed by atoms with Gasteiger partial charge in [0.1, 0.15) is 11.6 Å². The molecule has 0 unspecified atom stereocenters. The Hall–Kier alpha value is -1.43. The van der Waals surface area contributed by atoms with Crippen molar-refractivity contribution in [3.8, 4) is 0 Å². The second kappa shape index (κ2) is 3.62. The highest BCUT2D eigenvalue weighted by atomic mass is 32.1. The smallest absolute Gasteiger partial charge is 0.308 e. The molecule has 15 heavy (non-hydrogen) atoms. The minimum atomic E-state index is -0.328. The fraction of sp³-hybridized carbons (Fsp3) is 0.444. The number of rotatable bonds is 2. The average Bonchev–Trinajstić information content (AvgIpc) is 2.59. The molecule has 1 aliphatic rings. The lowest BCUT2D eigenvalue weighted by Crippen LogP contribution is -2.27. The van der Waals surface area contributed by atoms with Crippen LogP contribution in [0.5, 0.6) is 0 Å². The second-order valence-corrected chi connectivity index (χ2v) is 4.75. The van der Waals surface area contributed by atoms with Crippen molar-refractivity contribution in [2.24, 2.45) is 0 Å². The van der Waals surface area contributed by atoms with E-state index in [1.807, 2.05) is 13.8 Å². The number of carbonyl (C=O) groups is 2. The first-order valence-electron chi connectivity index (χ1n) is 4.58.